The van der Waals surface area contributed by atoms with Crippen LogP contribution in [0.4, 0.5) is 5.69 Å². The van der Waals surface area contributed by atoms with Crippen LogP contribution in [-0.4, -0.2) is 36.3 Å². The normalized spacial score (nSPS) is 24.3. The fraction of sp³-hybridized carbons (Fsp3) is 0.500. The third-order valence-corrected chi connectivity index (χ3v) is 4.66. The van der Waals surface area contributed by atoms with E-state index >= 15 is 0 Å². The van der Waals surface area contributed by atoms with Crippen molar-refractivity contribution in [2.45, 2.75) is 26.2 Å². The molecule has 0 radical (unpaired) electrons. The van der Waals surface area contributed by atoms with Crippen LogP contribution in [0.15, 0.2) is 18.2 Å². The molecule has 2 heterocycles. The maximum Gasteiger partial charge on any atom is 0.255 e. The average Bonchev–Trinajstić information content (AvgIpc) is 2.90. The number of hydrogen-bond acceptors (Lipinski definition) is 3. The molecule has 1 aromatic carbocycles. The van der Waals surface area contributed by atoms with Gasteiger partial charge in [-0.3, -0.25) is 9.59 Å². The molecule has 0 spiro atoms. The second-order valence-corrected chi connectivity index (χ2v) is 6.27. The molecule has 1 unspecified atom stereocenters. The summed E-state index contributed by atoms with van der Waals surface area (Å²) in [7, 11) is 0. The van der Waals surface area contributed by atoms with E-state index in [4.69, 9.17) is 5.73 Å². The minimum Gasteiger partial charge on any atom is -0.384 e. The molecule has 21 heavy (non-hydrogen) atoms. The Labute approximate surface area is 124 Å². The number of aryl methyl sites for hydroxylation is 1. The van der Waals surface area contributed by atoms with E-state index in [1.54, 1.807) is 4.90 Å². The maximum absolute atomic E-state index is 12.8. The summed E-state index contributed by atoms with van der Waals surface area (Å²) in [5.41, 5.74) is 7.72. The summed E-state index contributed by atoms with van der Waals surface area (Å²) in [6.07, 6.45) is 2.73. The summed E-state index contributed by atoms with van der Waals surface area (Å²) in [5.74, 6) is -0.336. The molecule has 1 saturated heterocycles. The standard InChI is InChI=1S/C16H21N3O2/c1-16(15(17)21)7-9-19(10-16)14(20)12-6-2-4-11-5-3-8-18-13(11)12/h2,4,6,18H,3,5,7-10H2,1H3,(H2,17,21). The number of likely N-dealkylation sites (tertiary alicyclic amines) is 1. The van der Waals surface area contributed by atoms with Gasteiger partial charge in [0.25, 0.3) is 5.91 Å². The largest absolute Gasteiger partial charge is 0.384 e. The Morgan fingerprint density at radius 2 is 2.19 bits per heavy atom. The molecule has 0 saturated carbocycles. The van der Waals surface area contributed by atoms with E-state index in [1.807, 2.05) is 19.1 Å². The van der Waals surface area contributed by atoms with Crippen LogP contribution in [0.3, 0.4) is 0 Å². The van der Waals surface area contributed by atoms with Crippen molar-refractivity contribution < 1.29 is 9.59 Å². The number of rotatable bonds is 2. The van der Waals surface area contributed by atoms with Crippen molar-refractivity contribution in [2.75, 3.05) is 25.0 Å². The van der Waals surface area contributed by atoms with E-state index in [0.29, 0.717) is 25.1 Å². The number of anilines is 1. The van der Waals surface area contributed by atoms with Gasteiger partial charge in [-0.1, -0.05) is 12.1 Å². The van der Waals surface area contributed by atoms with Crippen LogP contribution in [0, 0.1) is 5.41 Å². The fourth-order valence-electron chi connectivity index (χ4n) is 3.19. The number of hydrogen-bond donors (Lipinski definition) is 2. The number of nitrogens with two attached hydrogens (primary N) is 1. The summed E-state index contributed by atoms with van der Waals surface area (Å²) in [6, 6.07) is 5.86. The number of nitrogens with zero attached hydrogens (tertiary/aromatic N) is 1. The first kappa shape index (κ1) is 13.9. The zero-order valence-corrected chi connectivity index (χ0v) is 12.3. The lowest BCUT2D eigenvalue weighted by atomic mass is 9.89. The van der Waals surface area contributed by atoms with E-state index in [2.05, 4.69) is 11.4 Å². The molecule has 1 fully saturated rings. The Morgan fingerprint density at radius 3 is 2.90 bits per heavy atom. The van der Waals surface area contributed by atoms with Crippen LogP contribution in [0.1, 0.15) is 35.7 Å². The van der Waals surface area contributed by atoms with Crippen LogP contribution >= 0.6 is 0 Å². The number of amides is 2. The Balaban J connectivity index is 1.86. The van der Waals surface area contributed by atoms with Crippen molar-refractivity contribution in [3.63, 3.8) is 0 Å². The molecule has 3 N–H and O–H groups in total. The minimum absolute atomic E-state index is 0.00812. The first-order valence-corrected chi connectivity index (χ1v) is 7.46. The third kappa shape index (κ3) is 2.37. The summed E-state index contributed by atoms with van der Waals surface area (Å²) >= 11 is 0. The zero-order chi connectivity index (χ0) is 15.0. The SMILES string of the molecule is CC1(C(N)=O)CCN(C(=O)c2cccc3c2NCCC3)C1. The Hall–Kier alpha value is -2.04. The number of para-hydroxylation sites is 1. The third-order valence-electron chi connectivity index (χ3n) is 4.66. The van der Waals surface area contributed by atoms with Gasteiger partial charge in [-0.05, 0) is 37.8 Å². The molecule has 0 aliphatic carbocycles. The molecule has 5 heteroatoms. The lowest BCUT2D eigenvalue weighted by Crippen LogP contribution is -2.39. The predicted molar refractivity (Wildman–Crippen MR) is 81.1 cm³/mol. The number of fused-ring (bicyclic) bond motifs is 1. The highest BCUT2D eigenvalue weighted by Gasteiger charge is 2.41. The van der Waals surface area contributed by atoms with Crippen LogP contribution < -0.4 is 11.1 Å². The van der Waals surface area contributed by atoms with Gasteiger partial charge >= 0.3 is 0 Å². The predicted octanol–water partition coefficient (Wildman–Crippen LogP) is 1.38. The Bertz CT molecular complexity index is 599. The topological polar surface area (TPSA) is 75.4 Å². The molecule has 2 aliphatic heterocycles. The second-order valence-electron chi connectivity index (χ2n) is 6.27. The van der Waals surface area contributed by atoms with Gasteiger partial charge in [-0.15, -0.1) is 0 Å². The van der Waals surface area contributed by atoms with Crippen LogP contribution in [-0.2, 0) is 11.2 Å². The molecule has 0 bridgehead atoms. The van der Waals surface area contributed by atoms with Gasteiger partial charge in [0.1, 0.15) is 0 Å². The van der Waals surface area contributed by atoms with Crippen LogP contribution in [0.25, 0.3) is 0 Å². The molecule has 2 amide bonds. The lowest BCUT2D eigenvalue weighted by Gasteiger charge is -2.25. The van der Waals surface area contributed by atoms with Gasteiger partial charge < -0.3 is 16.0 Å². The van der Waals surface area contributed by atoms with Crippen molar-refractivity contribution in [1.29, 1.82) is 0 Å². The second kappa shape index (κ2) is 5.06. The molecule has 1 atom stereocenters. The minimum atomic E-state index is -0.599. The van der Waals surface area contributed by atoms with Crippen molar-refractivity contribution in [3.8, 4) is 0 Å². The smallest absolute Gasteiger partial charge is 0.255 e. The summed E-state index contributed by atoms with van der Waals surface area (Å²) < 4.78 is 0. The number of primary amides is 1. The molecule has 0 aromatic heterocycles. The number of carbonyl (C=O) groups is 2. The lowest BCUT2D eigenvalue weighted by molar-refractivity contribution is -0.126. The summed E-state index contributed by atoms with van der Waals surface area (Å²) in [6.45, 7) is 3.73. The molecular weight excluding hydrogens is 266 g/mol. The van der Waals surface area contributed by atoms with E-state index in [9.17, 15) is 9.59 Å². The van der Waals surface area contributed by atoms with Crippen LogP contribution in [0.2, 0.25) is 0 Å². The monoisotopic (exact) mass is 287 g/mol. The first-order chi connectivity index (χ1) is 10.0. The highest BCUT2D eigenvalue weighted by Crippen LogP contribution is 2.33. The number of benzene rings is 1. The van der Waals surface area contributed by atoms with Crippen molar-refractivity contribution >= 4 is 17.5 Å². The van der Waals surface area contributed by atoms with Gasteiger partial charge in [0, 0.05) is 19.6 Å². The maximum atomic E-state index is 12.8. The van der Waals surface area contributed by atoms with E-state index in [-0.39, 0.29) is 11.8 Å². The highest BCUT2D eigenvalue weighted by molar-refractivity contribution is 6.01. The van der Waals surface area contributed by atoms with Gasteiger partial charge in [0.2, 0.25) is 5.91 Å². The Kier molecular flexibility index (Phi) is 3.35. The summed E-state index contributed by atoms with van der Waals surface area (Å²) in [5, 5.41) is 3.34. The number of nitrogens with one attached hydrogen (secondary N) is 1. The fourth-order valence-corrected chi connectivity index (χ4v) is 3.19. The summed E-state index contributed by atoms with van der Waals surface area (Å²) in [4.78, 5) is 26.0. The Morgan fingerprint density at radius 1 is 1.38 bits per heavy atom. The number of carbonyl (C=O) groups excluding carboxylic acids is 2. The molecule has 2 aliphatic rings. The first-order valence-electron chi connectivity index (χ1n) is 7.46. The van der Waals surface area contributed by atoms with Crippen molar-refractivity contribution in [3.05, 3.63) is 29.3 Å². The van der Waals surface area contributed by atoms with E-state index in [1.165, 1.54) is 5.56 Å². The van der Waals surface area contributed by atoms with Gasteiger partial charge in [0.15, 0.2) is 0 Å². The average molecular weight is 287 g/mol. The van der Waals surface area contributed by atoms with Gasteiger partial charge in [-0.25, -0.2) is 0 Å². The molecule has 5 nitrogen and oxygen atoms in total. The molecule has 112 valence electrons. The molecule has 1 aromatic rings. The molecular formula is C16H21N3O2. The van der Waals surface area contributed by atoms with Gasteiger partial charge in [-0.2, -0.15) is 0 Å². The van der Waals surface area contributed by atoms with E-state index < -0.39 is 5.41 Å². The highest BCUT2D eigenvalue weighted by atomic mass is 16.2. The van der Waals surface area contributed by atoms with E-state index in [0.717, 1.165) is 25.1 Å². The van der Waals surface area contributed by atoms with Crippen molar-refractivity contribution in [2.24, 2.45) is 11.1 Å². The quantitative estimate of drug-likeness (QED) is 0.863. The van der Waals surface area contributed by atoms with Crippen molar-refractivity contribution in [1.82, 2.24) is 4.90 Å². The molecule has 3 rings (SSSR count). The van der Waals surface area contributed by atoms with Crippen LogP contribution in [0.5, 0.6) is 0 Å². The zero-order valence-electron chi connectivity index (χ0n) is 12.3. The van der Waals surface area contributed by atoms with Gasteiger partial charge in [0.05, 0.1) is 16.7 Å².